The zero-order valence-electron chi connectivity index (χ0n) is 40.9. The van der Waals surface area contributed by atoms with Crippen molar-refractivity contribution in [1.82, 2.24) is 19.5 Å². The fourth-order valence-electron chi connectivity index (χ4n) is 11.9. The number of benzene rings is 11. The summed E-state index contributed by atoms with van der Waals surface area (Å²) in [5.41, 5.74) is 16.1. The van der Waals surface area contributed by atoms with Crippen molar-refractivity contribution in [3.8, 4) is 62.1 Å². The minimum Gasteiger partial charge on any atom is -0.456 e. The molecule has 0 unspecified atom stereocenters. The van der Waals surface area contributed by atoms with Gasteiger partial charge in [-0.25, -0.2) is 15.0 Å². The third-order valence-corrected chi connectivity index (χ3v) is 15.4. The van der Waals surface area contributed by atoms with Crippen molar-refractivity contribution < 1.29 is 17.7 Å². The van der Waals surface area contributed by atoms with E-state index in [1.165, 1.54) is 0 Å². The van der Waals surface area contributed by atoms with Gasteiger partial charge < -0.3 is 22.2 Å². The lowest BCUT2D eigenvalue weighted by Crippen LogP contribution is -2.04. The molecule has 17 aromatic rings. The van der Waals surface area contributed by atoms with E-state index in [4.69, 9.17) is 32.6 Å². The summed E-state index contributed by atoms with van der Waals surface area (Å²) in [5, 5.41) is 10.4. The number of rotatable bonds is 6. The third kappa shape index (κ3) is 6.30. The second-order valence-electron chi connectivity index (χ2n) is 19.8. The topological polar surface area (TPSA) is 96.2 Å². The number of hydrogen-bond acceptors (Lipinski definition) is 7. The van der Waals surface area contributed by atoms with Gasteiger partial charge in [0.15, 0.2) is 17.5 Å². The van der Waals surface area contributed by atoms with Gasteiger partial charge in [0.2, 0.25) is 0 Å². The monoisotopic (exact) mass is 986 g/mol. The molecule has 8 heteroatoms. The van der Waals surface area contributed by atoms with Crippen molar-refractivity contribution in [2.24, 2.45) is 0 Å². The third-order valence-electron chi connectivity index (χ3n) is 15.4. The summed E-state index contributed by atoms with van der Waals surface area (Å²) >= 11 is 0. The van der Waals surface area contributed by atoms with Crippen molar-refractivity contribution in [3.63, 3.8) is 0 Å². The number of furan rings is 4. The van der Waals surface area contributed by atoms with Crippen molar-refractivity contribution in [2.45, 2.75) is 0 Å². The van der Waals surface area contributed by atoms with Gasteiger partial charge in [-0.2, -0.15) is 0 Å². The van der Waals surface area contributed by atoms with Crippen molar-refractivity contribution in [3.05, 3.63) is 231 Å². The maximum absolute atomic E-state index is 7.04. The molecule has 6 heterocycles. The van der Waals surface area contributed by atoms with Crippen LogP contribution in [0.1, 0.15) is 0 Å². The lowest BCUT2D eigenvalue weighted by molar-refractivity contribution is 0.665. The van der Waals surface area contributed by atoms with Crippen LogP contribution >= 0.6 is 0 Å². The molecule has 0 atom stereocenters. The second kappa shape index (κ2) is 16.0. The van der Waals surface area contributed by atoms with Crippen LogP contribution in [-0.2, 0) is 0 Å². The molecule has 0 N–H and O–H groups in total. The predicted octanol–water partition coefficient (Wildman–Crippen LogP) is 18.9. The zero-order valence-corrected chi connectivity index (χ0v) is 40.9. The summed E-state index contributed by atoms with van der Waals surface area (Å²) in [7, 11) is 0. The smallest absolute Gasteiger partial charge is 0.164 e. The van der Waals surface area contributed by atoms with Crippen LogP contribution in [0.15, 0.2) is 248 Å². The first-order chi connectivity index (χ1) is 38.1. The van der Waals surface area contributed by atoms with Crippen LogP contribution in [0, 0.1) is 0 Å². The number of nitrogens with zero attached hydrogens (tertiary/aromatic N) is 4. The molecular formula is C69H38N4O4. The van der Waals surface area contributed by atoms with Crippen molar-refractivity contribution >= 4 is 110 Å². The summed E-state index contributed by atoms with van der Waals surface area (Å²) in [4.78, 5) is 16.0. The van der Waals surface area contributed by atoms with Crippen LogP contribution in [-0.4, -0.2) is 19.5 Å². The van der Waals surface area contributed by atoms with Crippen LogP contribution in [0.3, 0.4) is 0 Å². The lowest BCUT2D eigenvalue weighted by atomic mass is 9.92. The molecule has 0 fully saturated rings. The molecule has 358 valence electrons. The molecule has 0 aliphatic heterocycles. The van der Waals surface area contributed by atoms with E-state index in [9.17, 15) is 0 Å². The SMILES string of the molecule is c1ccc(-c2cc(-c3nc(-c4ccc5c(c4)oc4ccccc45)nc(-c4ccc5c(c4)oc4ccccc45)n3)cc(-c3ccccc3)c2-n2c3ccccc3c3c4oc5cc6c(cc5c4ccc32)oc2ccccc26)cc1. The molecule has 77 heavy (non-hydrogen) atoms. The predicted molar refractivity (Wildman–Crippen MR) is 310 cm³/mol. The molecule has 0 amide bonds. The Kier molecular flexibility index (Phi) is 8.68. The maximum Gasteiger partial charge on any atom is 0.164 e. The normalized spacial score (nSPS) is 12.2. The molecule has 0 bridgehead atoms. The van der Waals surface area contributed by atoms with Gasteiger partial charge >= 0.3 is 0 Å². The fraction of sp³-hybridized carbons (Fsp3) is 0. The first-order valence-corrected chi connectivity index (χ1v) is 25.7. The summed E-state index contributed by atoms with van der Waals surface area (Å²) < 4.78 is 28.7. The van der Waals surface area contributed by atoms with Gasteiger partial charge in [0.25, 0.3) is 0 Å². The summed E-state index contributed by atoms with van der Waals surface area (Å²) in [5.74, 6) is 1.55. The minimum atomic E-state index is 0.516. The van der Waals surface area contributed by atoms with Gasteiger partial charge in [0.05, 0.1) is 22.1 Å². The van der Waals surface area contributed by atoms with E-state index in [1.54, 1.807) is 0 Å². The van der Waals surface area contributed by atoms with E-state index in [2.05, 4.69) is 168 Å². The molecular weight excluding hydrogens is 949 g/mol. The van der Waals surface area contributed by atoms with E-state index in [0.29, 0.717) is 17.5 Å². The number of hydrogen-bond donors (Lipinski definition) is 0. The Morgan fingerprint density at radius 1 is 0.260 bits per heavy atom. The van der Waals surface area contributed by atoms with Gasteiger partial charge in [-0.3, -0.25) is 0 Å². The zero-order chi connectivity index (χ0) is 50.3. The summed E-state index contributed by atoms with van der Waals surface area (Å²) in [6.45, 7) is 0. The molecule has 0 saturated carbocycles. The standard InChI is InChI=1S/C69H38N4O4/c1-3-15-39(16-4-1)51-33-43(69-71-67(41-27-29-47-44-19-8-12-24-57(44)74-60(47)35-41)70-68(72-69)42-28-30-48-45-20-9-13-25-58(45)75-61(48)36-42)34-52(40-17-5-2-6-18-40)65(51)73-55-23-11-7-22-50(55)64-56(73)32-31-49-54-38-62-53(37-63(54)77-66(49)64)46-21-10-14-26-59(46)76-62/h1-38H. The molecule has 0 spiro atoms. The summed E-state index contributed by atoms with van der Waals surface area (Å²) in [6, 6.07) is 79.9. The van der Waals surface area contributed by atoms with Crippen molar-refractivity contribution in [2.75, 3.05) is 0 Å². The van der Waals surface area contributed by atoms with Crippen LogP contribution in [0.4, 0.5) is 0 Å². The second-order valence-corrected chi connectivity index (χ2v) is 19.8. The van der Waals surface area contributed by atoms with Crippen LogP contribution in [0.5, 0.6) is 0 Å². The first kappa shape index (κ1) is 41.9. The summed E-state index contributed by atoms with van der Waals surface area (Å²) in [6.07, 6.45) is 0. The Morgan fingerprint density at radius 3 is 1.23 bits per heavy atom. The highest BCUT2D eigenvalue weighted by Gasteiger charge is 2.26. The molecule has 0 aliphatic carbocycles. The van der Waals surface area contributed by atoms with Crippen LogP contribution < -0.4 is 0 Å². The first-order valence-electron chi connectivity index (χ1n) is 25.7. The van der Waals surface area contributed by atoms with Crippen molar-refractivity contribution in [1.29, 1.82) is 0 Å². The highest BCUT2D eigenvalue weighted by atomic mass is 16.3. The van der Waals surface area contributed by atoms with E-state index < -0.39 is 0 Å². The average molecular weight is 987 g/mol. The van der Waals surface area contributed by atoms with Crippen LogP contribution in [0.25, 0.3) is 172 Å². The Bertz CT molecular complexity index is 5100. The molecule has 8 nitrogen and oxygen atoms in total. The van der Waals surface area contributed by atoms with Gasteiger partial charge in [-0.1, -0.05) is 146 Å². The molecule has 0 radical (unpaired) electrons. The maximum atomic E-state index is 7.04. The number of fused-ring (bicyclic) bond motifs is 16. The minimum absolute atomic E-state index is 0.516. The van der Waals surface area contributed by atoms with E-state index in [0.717, 1.165) is 154 Å². The highest BCUT2D eigenvalue weighted by Crippen LogP contribution is 2.47. The van der Waals surface area contributed by atoms with E-state index in [1.807, 2.05) is 66.7 Å². The van der Waals surface area contributed by atoms with Crippen LogP contribution in [0.2, 0.25) is 0 Å². The quantitative estimate of drug-likeness (QED) is 0.164. The molecule has 6 aromatic heterocycles. The molecule has 11 aromatic carbocycles. The van der Waals surface area contributed by atoms with Gasteiger partial charge in [0, 0.05) is 76.3 Å². The molecule has 17 rings (SSSR count). The van der Waals surface area contributed by atoms with Gasteiger partial charge in [-0.15, -0.1) is 0 Å². The fourth-order valence-corrected chi connectivity index (χ4v) is 11.9. The average Bonchev–Trinajstić information content (AvgIpc) is 4.33. The molecule has 0 saturated heterocycles. The molecule has 0 aliphatic rings. The van der Waals surface area contributed by atoms with E-state index in [-0.39, 0.29) is 0 Å². The Balaban J connectivity index is 0.933. The van der Waals surface area contributed by atoms with Gasteiger partial charge in [0.1, 0.15) is 44.7 Å². The van der Waals surface area contributed by atoms with Gasteiger partial charge in [-0.05, 0) is 96.1 Å². The lowest BCUT2D eigenvalue weighted by Gasteiger charge is -2.21. The number of aromatic nitrogens is 4. The Hall–Kier alpha value is -10.6. The van der Waals surface area contributed by atoms with E-state index >= 15 is 0 Å². The number of para-hydroxylation sites is 4. The highest BCUT2D eigenvalue weighted by molar-refractivity contribution is 6.26. The Labute approximate surface area is 437 Å². The largest absolute Gasteiger partial charge is 0.456 e. The Morgan fingerprint density at radius 2 is 0.675 bits per heavy atom.